The second-order valence-corrected chi connectivity index (χ2v) is 4.93. The Labute approximate surface area is 113 Å². The van der Waals surface area contributed by atoms with E-state index >= 15 is 0 Å². The molecule has 1 atom stereocenters. The number of nitrogens with zero attached hydrogens (tertiary/aromatic N) is 2. The van der Waals surface area contributed by atoms with E-state index in [1.165, 1.54) is 0 Å². The maximum Gasteiger partial charge on any atom is 0.117 e. The van der Waals surface area contributed by atoms with Crippen LogP contribution in [0.15, 0.2) is 30.3 Å². The van der Waals surface area contributed by atoms with Crippen LogP contribution < -0.4 is 5.32 Å². The smallest absolute Gasteiger partial charge is 0.117 e. The average molecular weight is 260 g/mol. The molecule has 0 saturated heterocycles. The Morgan fingerprint density at radius 1 is 1.21 bits per heavy atom. The van der Waals surface area contributed by atoms with E-state index < -0.39 is 0 Å². The molecule has 5 nitrogen and oxygen atoms in total. The van der Waals surface area contributed by atoms with Crippen molar-refractivity contribution < 1.29 is 5.11 Å². The van der Waals surface area contributed by atoms with Crippen molar-refractivity contribution in [3.63, 3.8) is 0 Å². The Bertz CT molecular complexity index is 495. The van der Waals surface area contributed by atoms with Crippen LogP contribution in [0.1, 0.15) is 19.5 Å². The second-order valence-electron chi connectivity index (χ2n) is 4.93. The Morgan fingerprint density at radius 3 is 2.63 bits per heavy atom. The summed E-state index contributed by atoms with van der Waals surface area (Å²) in [6.45, 7) is 5.14. The van der Waals surface area contributed by atoms with Crippen LogP contribution >= 0.6 is 0 Å². The number of hydrogen-bond donors (Lipinski definition) is 3. The van der Waals surface area contributed by atoms with Gasteiger partial charge in [0.2, 0.25) is 0 Å². The molecule has 0 radical (unpaired) electrons. The van der Waals surface area contributed by atoms with Gasteiger partial charge in [-0.1, -0.05) is 44.2 Å². The molecule has 3 N–H and O–H groups in total. The average Bonchev–Trinajstić information content (AvgIpc) is 2.88. The molecule has 0 aliphatic carbocycles. The van der Waals surface area contributed by atoms with Gasteiger partial charge in [-0.25, -0.2) is 0 Å². The number of aromatic nitrogens is 3. The lowest BCUT2D eigenvalue weighted by atomic mass is 10.1. The van der Waals surface area contributed by atoms with Crippen LogP contribution in [0, 0.1) is 5.92 Å². The molecular weight excluding hydrogens is 240 g/mol. The van der Waals surface area contributed by atoms with Crippen LogP contribution in [0.3, 0.4) is 0 Å². The molecule has 2 aromatic rings. The first-order valence-electron chi connectivity index (χ1n) is 6.52. The topological polar surface area (TPSA) is 73.8 Å². The van der Waals surface area contributed by atoms with E-state index in [9.17, 15) is 5.11 Å². The summed E-state index contributed by atoms with van der Waals surface area (Å²) in [4.78, 5) is 0. The summed E-state index contributed by atoms with van der Waals surface area (Å²) < 4.78 is 0. The standard InChI is InChI=1S/C14H20N4O/c1-10(2)13(19)9-15-8-12-14(17-18-16-12)11-6-4-3-5-7-11/h3-7,10,13,15,19H,8-9H2,1-2H3,(H,16,17,18). The summed E-state index contributed by atoms with van der Waals surface area (Å²) in [6, 6.07) is 9.93. The molecule has 0 bridgehead atoms. The van der Waals surface area contributed by atoms with Gasteiger partial charge in [-0.05, 0) is 5.92 Å². The summed E-state index contributed by atoms with van der Waals surface area (Å²) in [6.07, 6.45) is -0.341. The summed E-state index contributed by atoms with van der Waals surface area (Å²) in [5.41, 5.74) is 2.76. The van der Waals surface area contributed by atoms with Crippen LogP contribution in [-0.4, -0.2) is 33.2 Å². The van der Waals surface area contributed by atoms with Crippen molar-refractivity contribution in [2.24, 2.45) is 5.92 Å². The minimum atomic E-state index is -0.341. The van der Waals surface area contributed by atoms with Crippen molar-refractivity contribution in [1.29, 1.82) is 0 Å². The maximum atomic E-state index is 9.74. The summed E-state index contributed by atoms with van der Waals surface area (Å²) in [5, 5.41) is 23.9. The number of H-pyrrole nitrogens is 1. The van der Waals surface area contributed by atoms with Crippen LogP contribution in [0.5, 0.6) is 0 Å². The lowest BCUT2D eigenvalue weighted by Gasteiger charge is -2.14. The van der Waals surface area contributed by atoms with Crippen molar-refractivity contribution in [3.8, 4) is 11.3 Å². The molecular formula is C14H20N4O. The quantitative estimate of drug-likeness (QED) is 0.737. The molecule has 1 aromatic heterocycles. The van der Waals surface area contributed by atoms with Gasteiger partial charge in [0.05, 0.1) is 6.10 Å². The number of aromatic amines is 1. The maximum absolute atomic E-state index is 9.74. The highest BCUT2D eigenvalue weighted by Gasteiger charge is 2.12. The largest absolute Gasteiger partial charge is 0.392 e. The Morgan fingerprint density at radius 2 is 1.95 bits per heavy atom. The van der Waals surface area contributed by atoms with Gasteiger partial charge >= 0.3 is 0 Å². The zero-order chi connectivity index (χ0) is 13.7. The normalized spacial score (nSPS) is 12.8. The van der Waals surface area contributed by atoms with Gasteiger partial charge < -0.3 is 10.4 Å². The molecule has 5 heteroatoms. The Kier molecular flexibility index (Phi) is 4.65. The van der Waals surface area contributed by atoms with E-state index in [-0.39, 0.29) is 12.0 Å². The SMILES string of the molecule is CC(C)C(O)CNCc1n[nH]nc1-c1ccccc1. The zero-order valence-corrected chi connectivity index (χ0v) is 11.3. The number of nitrogens with one attached hydrogen (secondary N) is 2. The molecule has 19 heavy (non-hydrogen) atoms. The van der Waals surface area contributed by atoms with E-state index in [2.05, 4.69) is 20.7 Å². The number of benzene rings is 1. The van der Waals surface area contributed by atoms with Crippen LogP contribution in [0.4, 0.5) is 0 Å². The molecule has 0 aliphatic rings. The first-order chi connectivity index (χ1) is 9.18. The number of hydrogen-bond acceptors (Lipinski definition) is 4. The van der Waals surface area contributed by atoms with Gasteiger partial charge in [-0.15, -0.1) is 0 Å². The molecule has 1 aromatic carbocycles. The summed E-state index contributed by atoms with van der Waals surface area (Å²) in [5.74, 6) is 0.249. The number of aliphatic hydroxyl groups excluding tert-OH is 1. The Hall–Kier alpha value is -1.72. The molecule has 102 valence electrons. The van der Waals surface area contributed by atoms with E-state index in [4.69, 9.17) is 0 Å². The molecule has 0 saturated carbocycles. The Balaban J connectivity index is 1.97. The third-order valence-electron chi connectivity index (χ3n) is 3.08. The monoisotopic (exact) mass is 260 g/mol. The molecule has 1 heterocycles. The molecule has 1 unspecified atom stereocenters. The fourth-order valence-electron chi connectivity index (χ4n) is 1.78. The van der Waals surface area contributed by atoms with Gasteiger partial charge in [-0.2, -0.15) is 15.4 Å². The van der Waals surface area contributed by atoms with Gasteiger partial charge in [0.25, 0.3) is 0 Å². The summed E-state index contributed by atoms with van der Waals surface area (Å²) in [7, 11) is 0. The molecule has 2 rings (SSSR count). The van der Waals surface area contributed by atoms with Gasteiger partial charge in [0, 0.05) is 18.7 Å². The second kappa shape index (κ2) is 6.45. The zero-order valence-electron chi connectivity index (χ0n) is 11.3. The van der Waals surface area contributed by atoms with E-state index in [0.717, 1.165) is 17.0 Å². The van der Waals surface area contributed by atoms with Crippen molar-refractivity contribution >= 4 is 0 Å². The first kappa shape index (κ1) is 13.7. The molecule has 0 aliphatic heterocycles. The molecule has 0 amide bonds. The highest BCUT2D eigenvalue weighted by atomic mass is 16.3. The lowest BCUT2D eigenvalue weighted by Crippen LogP contribution is -2.30. The third kappa shape index (κ3) is 3.62. The van der Waals surface area contributed by atoms with Crippen LogP contribution in [-0.2, 0) is 6.54 Å². The van der Waals surface area contributed by atoms with Crippen LogP contribution in [0.25, 0.3) is 11.3 Å². The van der Waals surface area contributed by atoms with Gasteiger partial charge in [0.15, 0.2) is 0 Å². The predicted octanol–water partition coefficient (Wildman–Crippen LogP) is 1.58. The minimum Gasteiger partial charge on any atom is -0.392 e. The van der Waals surface area contributed by atoms with E-state index in [1.54, 1.807) is 0 Å². The predicted molar refractivity (Wildman–Crippen MR) is 74.4 cm³/mol. The van der Waals surface area contributed by atoms with Crippen LogP contribution in [0.2, 0.25) is 0 Å². The van der Waals surface area contributed by atoms with Gasteiger partial charge in [-0.3, -0.25) is 0 Å². The molecule has 0 fully saturated rings. The number of rotatable bonds is 6. The first-order valence-corrected chi connectivity index (χ1v) is 6.52. The minimum absolute atomic E-state index is 0.249. The van der Waals surface area contributed by atoms with Crippen molar-refractivity contribution in [2.75, 3.05) is 6.54 Å². The van der Waals surface area contributed by atoms with E-state index in [1.807, 2.05) is 44.2 Å². The third-order valence-corrected chi connectivity index (χ3v) is 3.08. The fraction of sp³-hybridized carbons (Fsp3) is 0.429. The number of aliphatic hydroxyl groups is 1. The van der Waals surface area contributed by atoms with Crippen molar-refractivity contribution in [3.05, 3.63) is 36.0 Å². The van der Waals surface area contributed by atoms with Gasteiger partial charge in [0.1, 0.15) is 11.4 Å². The fourth-order valence-corrected chi connectivity index (χ4v) is 1.78. The lowest BCUT2D eigenvalue weighted by molar-refractivity contribution is 0.123. The highest BCUT2D eigenvalue weighted by Crippen LogP contribution is 2.18. The molecule has 0 spiro atoms. The van der Waals surface area contributed by atoms with E-state index in [0.29, 0.717) is 13.1 Å². The van der Waals surface area contributed by atoms with Crippen molar-refractivity contribution in [2.45, 2.75) is 26.5 Å². The summed E-state index contributed by atoms with van der Waals surface area (Å²) >= 11 is 0. The van der Waals surface area contributed by atoms with Crippen molar-refractivity contribution in [1.82, 2.24) is 20.7 Å². The highest BCUT2D eigenvalue weighted by molar-refractivity contribution is 5.60.